The van der Waals surface area contributed by atoms with Crippen LogP contribution in [-0.2, 0) is 18.3 Å². The van der Waals surface area contributed by atoms with Crippen LogP contribution in [0.5, 0.6) is 0 Å². The molecule has 130 valence electrons. The Labute approximate surface area is 144 Å². The topological polar surface area (TPSA) is 102 Å². The Morgan fingerprint density at radius 3 is 2.60 bits per heavy atom. The van der Waals surface area contributed by atoms with Crippen molar-refractivity contribution in [3.8, 4) is 5.69 Å². The Bertz CT molecular complexity index is 988. The van der Waals surface area contributed by atoms with Gasteiger partial charge in [-0.25, -0.2) is 4.79 Å². The molecule has 0 aliphatic carbocycles. The van der Waals surface area contributed by atoms with Gasteiger partial charge in [-0.05, 0) is 29.8 Å². The van der Waals surface area contributed by atoms with E-state index in [0.29, 0.717) is 16.9 Å². The molecule has 0 bridgehead atoms. The highest BCUT2D eigenvalue weighted by Gasteiger charge is 2.13. The Kier molecular flexibility index (Phi) is 4.58. The lowest BCUT2D eigenvalue weighted by atomic mass is 10.1. The van der Waals surface area contributed by atoms with Crippen molar-refractivity contribution in [1.29, 1.82) is 0 Å². The number of amides is 1. The second kappa shape index (κ2) is 6.82. The predicted octanol–water partition coefficient (Wildman–Crippen LogP) is 0.562. The summed E-state index contributed by atoms with van der Waals surface area (Å²) in [5.74, 6) is -0.212. The van der Waals surface area contributed by atoms with Gasteiger partial charge >= 0.3 is 5.69 Å². The second-order valence-corrected chi connectivity index (χ2v) is 5.80. The van der Waals surface area contributed by atoms with Crippen LogP contribution in [0.3, 0.4) is 0 Å². The number of nitrogens with zero attached hydrogens (tertiary/aromatic N) is 2. The number of aryl methyl sites for hydroxylation is 1. The number of benzene rings is 2. The number of nitrogen functional groups attached to an aromatic ring is 1. The summed E-state index contributed by atoms with van der Waals surface area (Å²) in [4.78, 5) is 24.4. The molecule has 3 rings (SSSR count). The fourth-order valence-corrected chi connectivity index (χ4v) is 2.86. The summed E-state index contributed by atoms with van der Waals surface area (Å²) in [6.07, 6.45) is 0.122. The number of carbonyl (C=O) groups excluding carboxylic acids is 1. The van der Waals surface area contributed by atoms with E-state index in [1.807, 2.05) is 24.3 Å². The number of hydrogen-bond acceptors (Lipinski definition) is 4. The molecule has 0 fully saturated rings. The van der Waals surface area contributed by atoms with E-state index in [4.69, 9.17) is 10.8 Å². The maximum absolute atomic E-state index is 12.6. The van der Waals surface area contributed by atoms with E-state index in [0.717, 1.165) is 11.0 Å². The summed E-state index contributed by atoms with van der Waals surface area (Å²) in [7, 11) is 1.73. The van der Waals surface area contributed by atoms with E-state index < -0.39 is 0 Å². The number of anilines is 1. The second-order valence-electron chi connectivity index (χ2n) is 5.80. The van der Waals surface area contributed by atoms with E-state index in [-0.39, 0.29) is 31.2 Å². The van der Waals surface area contributed by atoms with Crippen LogP contribution in [0.1, 0.15) is 5.56 Å². The van der Waals surface area contributed by atoms with Crippen molar-refractivity contribution >= 4 is 22.6 Å². The molecule has 0 aliphatic heterocycles. The first-order chi connectivity index (χ1) is 12.0. The highest BCUT2D eigenvalue weighted by atomic mass is 16.3. The SMILES string of the molecule is Cn1c(=O)n(-c2ccc(CC(=O)NCCO)c(N)c2)c2ccccc21. The molecular formula is C18H20N4O3. The zero-order valence-corrected chi connectivity index (χ0v) is 13.9. The first-order valence-corrected chi connectivity index (χ1v) is 7.95. The number of aromatic nitrogens is 2. The van der Waals surface area contributed by atoms with Crippen molar-refractivity contribution in [3.05, 3.63) is 58.5 Å². The lowest BCUT2D eigenvalue weighted by molar-refractivity contribution is -0.120. The molecule has 3 aromatic rings. The number of hydrogen-bond donors (Lipinski definition) is 3. The van der Waals surface area contributed by atoms with Crippen molar-refractivity contribution in [2.45, 2.75) is 6.42 Å². The summed E-state index contributed by atoms with van der Waals surface area (Å²) >= 11 is 0. The zero-order valence-electron chi connectivity index (χ0n) is 13.9. The van der Waals surface area contributed by atoms with Crippen LogP contribution in [0.2, 0.25) is 0 Å². The molecule has 1 aromatic heterocycles. The average Bonchev–Trinajstić information content (AvgIpc) is 2.86. The molecule has 1 heterocycles. The number of nitrogens with two attached hydrogens (primary N) is 1. The summed E-state index contributed by atoms with van der Waals surface area (Å²) in [5, 5.41) is 11.3. The first-order valence-electron chi connectivity index (χ1n) is 7.95. The Morgan fingerprint density at radius 2 is 1.92 bits per heavy atom. The molecule has 0 saturated carbocycles. The van der Waals surface area contributed by atoms with Gasteiger partial charge in [0.1, 0.15) is 0 Å². The maximum atomic E-state index is 12.6. The van der Waals surface area contributed by atoms with Crippen LogP contribution < -0.4 is 16.7 Å². The van der Waals surface area contributed by atoms with Crippen LogP contribution in [-0.4, -0.2) is 33.3 Å². The highest BCUT2D eigenvalue weighted by Crippen LogP contribution is 2.21. The third kappa shape index (κ3) is 3.14. The molecule has 0 unspecified atom stereocenters. The van der Waals surface area contributed by atoms with Crippen molar-refractivity contribution in [2.24, 2.45) is 7.05 Å². The minimum atomic E-state index is -0.212. The Hall–Kier alpha value is -3.06. The minimum Gasteiger partial charge on any atom is -0.398 e. The molecule has 7 heteroatoms. The molecule has 4 N–H and O–H groups in total. The third-order valence-corrected chi connectivity index (χ3v) is 4.13. The summed E-state index contributed by atoms with van der Waals surface area (Å²) < 4.78 is 3.18. The number of nitrogens with one attached hydrogen (secondary N) is 1. The van der Waals surface area contributed by atoms with E-state index in [1.54, 1.807) is 34.4 Å². The molecule has 0 spiro atoms. The summed E-state index contributed by atoms with van der Waals surface area (Å²) in [6.45, 7) is 0.104. The number of para-hydroxylation sites is 2. The number of imidazole rings is 1. The molecule has 0 aliphatic rings. The first kappa shape index (κ1) is 16.8. The quantitative estimate of drug-likeness (QED) is 0.591. The summed E-state index contributed by atoms with van der Waals surface area (Å²) in [5.41, 5.74) is 9.32. The van der Waals surface area contributed by atoms with Crippen LogP contribution in [0, 0.1) is 0 Å². The van der Waals surface area contributed by atoms with Gasteiger partial charge < -0.3 is 16.2 Å². The van der Waals surface area contributed by atoms with Crippen molar-refractivity contribution in [1.82, 2.24) is 14.5 Å². The van der Waals surface area contributed by atoms with Crippen LogP contribution in [0.4, 0.5) is 5.69 Å². The van der Waals surface area contributed by atoms with Gasteiger partial charge in [0.05, 0.1) is 29.7 Å². The fraction of sp³-hybridized carbons (Fsp3) is 0.222. The molecule has 0 radical (unpaired) electrons. The normalized spacial score (nSPS) is 11.0. The molecule has 7 nitrogen and oxygen atoms in total. The molecule has 1 amide bonds. The standard InChI is InChI=1S/C18H20N4O3/c1-21-15-4-2-3-5-16(15)22(18(21)25)13-7-6-12(14(19)11-13)10-17(24)20-8-9-23/h2-7,11,23H,8-10,19H2,1H3,(H,20,24). The maximum Gasteiger partial charge on any atom is 0.333 e. The fourth-order valence-electron chi connectivity index (χ4n) is 2.86. The predicted molar refractivity (Wildman–Crippen MR) is 96.7 cm³/mol. The van der Waals surface area contributed by atoms with E-state index >= 15 is 0 Å². The molecule has 2 aromatic carbocycles. The molecule has 0 saturated heterocycles. The molecular weight excluding hydrogens is 320 g/mol. The molecule has 25 heavy (non-hydrogen) atoms. The number of aliphatic hydroxyl groups excluding tert-OH is 1. The molecule has 0 atom stereocenters. The van der Waals surface area contributed by atoms with Gasteiger partial charge in [-0.15, -0.1) is 0 Å². The number of aliphatic hydroxyl groups is 1. The van der Waals surface area contributed by atoms with Crippen LogP contribution >= 0.6 is 0 Å². The number of fused-ring (bicyclic) bond motifs is 1. The third-order valence-electron chi connectivity index (χ3n) is 4.13. The smallest absolute Gasteiger partial charge is 0.333 e. The van der Waals surface area contributed by atoms with Crippen molar-refractivity contribution in [3.63, 3.8) is 0 Å². The van der Waals surface area contributed by atoms with Gasteiger partial charge in [-0.1, -0.05) is 18.2 Å². The zero-order chi connectivity index (χ0) is 18.0. The van der Waals surface area contributed by atoms with Crippen molar-refractivity contribution < 1.29 is 9.90 Å². The van der Waals surface area contributed by atoms with Crippen LogP contribution in [0.15, 0.2) is 47.3 Å². The van der Waals surface area contributed by atoms with Crippen LogP contribution in [0.25, 0.3) is 16.7 Å². The van der Waals surface area contributed by atoms with E-state index in [9.17, 15) is 9.59 Å². The average molecular weight is 340 g/mol. The van der Waals surface area contributed by atoms with Gasteiger partial charge in [-0.2, -0.15) is 0 Å². The largest absolute Gasteiger partial charge is 0.398 e. The lowest BCUT2D eigenvalue weighted by Crippen LogP contribution is -2.28. The number of carbonyl (C=O) groups is 1. The van der Waals surface area contributed by atoms with E-state index in [1.165, 1.54) is 0 Å². The van der Waals surface area contributed by atoms with Gasteiger partial charge in [0.25, 0.3) is 0 Å². The minimum absolute atomic E-state index is 0.107. The highest BCUT2D eigenvalue weighted by molar-refractivity contribution is 5.81. The summed E-state index contributed by atoms with van der Waals surface area (Å²) in [6, 6.07) is 12.7. The Morgan fingerprint density at radius 1 is 1.20 bits per heavy atom. The van der Waals surface area contributed by atoms with Gasteiger partial charge in [0.15, 0.2) is 0 Å². The van der Waals surface area contributed by atoms with Crippen molar-refractivity contribution in [2.75, 3.05) is 18.9 Å². The number of rotatable bonds is 5. The monoisotopic (exact) mass is 340 g/mol. The van der Waals surface area contributed by atoms with Gasteiger partial charge in [0, 0.05) is 19.3 Å². The van der Waals surface area contributed by atoms with Gasteiger partial charge in [0.2, 0.25) is 5.91 Å². The van der Waals surface area contributed by atoms with Gasteiger partial charge in [-0.3, -0.25) is 13.9 Å². The Balaban J connectivity index is 1.98. The van der Waals surface area contributed by atoms with E-state index in [2.05, 4.69) is 5.32 Å². The lowest BCUT2D eigenvalue weighted by Gasteiger charge is -2.09.